The van der Waals surface area contributed by atoms with Gasteiger partial charge in [0.25, 0.3) is 0 Å². The monoisotopic (exact) mass is 302 g/mol. The van der Waals surface area contributed by atoms with Crippen LogP contribution in [0.3, 0.4) is 0 Å². The Bertz CT molecular complexity index is 575. The van der Waals surface area contributed by atoms with Crippen LogP contribution in [0.2, 0.25) is 0 Å². The van der Waals surface area contributed by atoms with Crippen LogP contribution >= 0.6 is 0 Å². The summed E-state index contributed by atoms with van der Waals surface area (Å²) in [5, 5.41) is 3.00. The van der Waals surface area contributed by atoms with Gasteiger partial charge in [0, 0.05) is 5.54 Å². The van der Waals surface area contributed by atoms with Crippen LogP contribution in [0.5, 0.6) is 0 Å². The average Bonchev–Trinajstić information content (AvgIpc) is 2.78. The third kappa shape index (κ3) is 2.80. The number of nitrogens with one attached hydrogen (secondary N) is 1. The summed E-state index contributed by atoms with van der Waals surface area (Å²) in [6, 6.07) is 9.58. The van der Waals surface area contributed by atoms with Gasteiger partial charge >= 0.3 is 6.09 Å². The molecular formula is C17H22N2O3. The Morgan fingerprint density at radius 2 is 1.91 bits per heavy atom. The van der Waals surface area contributed by atoms with Crippen molar-refractivity contribution in [3.8, 4) is 0 Å². The zero-order chi connectivity index (χ0) is 15.6. The van der Waals surface area contributed by atoms with E-state index in [2.05, 4.69) is 5.32 Å². The molecule has 2 amide bonds. The Hall–Kier alpha value is -2.04. The number of rotatable bonds is 4. The molecule has 0 aliphatic heterocycles. The molecule has 1 aromatic carbocycles. The van der Waals surface area contributed by atoms with Gasteiger partial charge in [-0.1, -0.05) is 36.8 Å². The number of hydrogen-bond acceptors (Lipinski definition) is 3. The zero-order valence-corrected chi connectivity index (χ0v) is 12.6. The van der Waals surface area contributed by atoms with Crippen LogP contribution in [-0.4, -0.2) is 17.5 Å². The van der Waals surface area contributed by atoms with Crippen molar-refractivity contribution in [1.82, 2.24) is 5.32 Å². The van der Waals surface area contributed by atoms with E-state index in [9.17, 15) is 9.59 Å². The van der Waals surface area contributed by atoms with Crippen LogP contribution in [0.15, 0.2) is 30.3 Å². The Morgan fingerprint density at radius 3 is 2.64 bits per heavy atom. The third-order valence-electron chi connectivity index (χ3n) is 5.17. The molecule has 3 rings (SSSR count). The summed E-state index contributed by atoms with van der Waals surface area (Å²) in [4.78, 5) is 23.8. The second-order valence-electron chi connectivity index (χ2n) is 6.64. The standard InChI is InChI=1S/C17H22N2O3/c18-14(20)16-7-4-8-17(12-16,10-9-16)19-15(21)22-11-13-5-2-1-3-6-13/h1-3,5-6H,4,7-12H2,(H2,18,20)(H,19,21)/t16-,17+/m0/s1. The van der Waals surface area contributed by atoms with Crippen LogP contribution in [0.4, 0.5) is 4.79 Å². The predicted molar refractivity (Wildman–Crippen MR) is 81.8 cm³/mol. The summed E-state index contributed by atoms with van der Waals surface area (Å²) in [5.41, 5.74) is 5.79. The maximum absolute atomic E-state index is 12.1. The second-order valence-corrected chi connectivity index (χ2v) is 6.64. The largest absolute Gasteiger partial charge is 0.445 e. The van der Waals surface area contributed by atoms with Gasteiger partial charge in [0.1, 0.15) is 6.61 Å². The van der Waals surface area contributed by atoms with E-state index in [0.717, 1.165) is 37.7 Å². The van der Waals surface area contributed by atoms with E-state index in [1.165, 1.54) is 0 Å². The molecule has 5 nitrogen and oxygen atoms in total. The quantitative estimate of drug-likeness (QED) is 0.896. The summed E-state index contributed by atoms with van der Waals surface area (Å²) >= 11 is 0. The molecule has 118 valence electrons. The number of ether oxygens (including phenoxy) is 1. The fourth-order valence-electron chi connectivity index (χ4n) is 3.97. The number of nitrogens with two attached hydrogens (primary N) is 1. The van der Waals surface area contributed by atoms with Crippen LogP contribution in [-0.2, 0) is 16.1 Å². The van der Waals surface area contributed by atoms with Crippen LogP contribution < -0.4 is 11.1 Å². The van der Waals surface area contributed by atoms with Crippen LogP contribution in [0.25, 0.3) is 0 Å². The fraction of sp³-hybridized carbons (Fsp3) is 0.529. The summed E-state index contributed by atoms with van der Waals surface area (Å²) in [7, 11) is 0. The van der Waals surface area contributed by atoms with Crippen molar-refractivity contribution < 1.29 is 14.3 Å². The molecule has 0 heterocycles. The lowest BCUT2D eigenvalue weighted by Gasteiger charge is -2.37. The molecule has 2 fully saturated rings. The van der Waals surface area contributed by atoms with Crippen molar-refractivity contribution in [2.45, 2.75) is 50.7 Å². The van der Waals surface area contributed by atoms with E-state index >= 15 is 0 Å². The molecule has 22 heavy (non-hydrogen) atoms. The van der Waals surface area contributed by atoms with E-state index in [1.54, 1.807) is 0 Å². The molecule has 5 heteroatoms. The van der Waals surface area contributed by atoms with Gasteiger partial charge in [-0.2, -0.15) is 0 Å². The first-order valence-electron chi connectivity index (χ1n) is 7.83. The Balaban J connectivity index is 1.59. The first-order chi connectivity index (χ1) is 10.5. The molecule has 0 radical (unpaired) electrons. The number of primary amides is 1. The van der Waals surface area contributed by atoms with Gasteiger partial charge < -0.3 is 15.8 Å². The number of carbonyl (C=O) groups excluding carboxylic acids is 2. The number of fused-ring (bicyclic) bond motifs is 2. The van der Waals surface area contributed by atoms with Crippen molar-refractivity contribution in [3.63, 3.8) is 0 Å². The van der Waals surface area contributed by atoms with E-state index in [1.807, 2.05) is 30.3 Å². The minimum Gasteiger partial charge on any atom is -0.445 e. The highest BCUT2D eigenvalue weighted by Gasteiger charge is 2.54. The average molecular weight is 302 g/mol. The maximum Gasteiger partial charge on any atom is 0.407 e. The second kappa shape index (κ2) is 5.63. The first kappa shape index (κ1) is 14.9. The fourth-order valence-corrected chi connectivity index (χ4v) is 3.97. The van der Waals surface area contributed by atoms with Crippen molar-refractivity contribution in [3.05, 3.63) is 35.9 Å². The number of hydrogen-bond donors (Lipinski definition) is 2. The molecule has 2 aliphatic rings. The number of alkyl carbamates (subject to hydrolysis) is 1. The summed E-state index contributed by atoms with van der Waals surface area (Å²) < 4.78 is 5.30. The Kier molecular flexibility index (Phi) is 3.81. The molecular weight excluding hydrogens is 280 g/mol. The molecule has 0 aromatic heterocycles. The topological polar surface area (TPSA) is 81.4 Å². The number of benzene rings is 1. The van der Waals surface area contributed by atoms with E-state index in [0.29, 0.717) is 6.42 Å². The van der Waals surface area contributed by atoms with Gasteiger partial charge in [0.05, 0.1) is 5.41 Å². The number of amides is 2. The van der Waals surface area contributed by atoms with Gasteiger partial charge in [0.15, 0.2) is 0 Å². The molecule has 2 atom stereocenters. The van der Waals surface area contributed by atoms with Gasteiger partial charge in [-0.15, -0.1) is 0 Å². The summed E-state index contributed by atoms with van der Waals surface area (Å²) in [5.74, 6) is -0.228. The lowest BCUT2D eigenvalue weighted by atomic mass is 9.72. The molecule has 3 N–H and O–H groups in total. The zero-order valence-electron chi connectivity index (χ0n) is 12.6. The number of carbonyl (C=O) groups is 2. The molecule has 0 unspecified atom stereocenters. The lowest BCUT2D eigenvalue weighted by molar-refractivity contribution is -0.128. The maximum atomic E-state index is 12.1. The third-order valence-corrected chi connectivity index (χ3v) is 5.17. The minimum absolute atomic E-state index is 0.228. The van der Waals surface area contributed by atoms with Gasteiger partial charge in [0.2, 0.25) is 5.91 Å². The molecule has 1 aromatic rings. The smallest absolute Gasteiger partial charge is 0.407 e. The highest BCUT2D eigenvalue weighted by atomic mass is 16.5. The molecule has 2 bridgehead atoms. The first-order valence-corrected chi connectivity index (χ1v) is 7.83. The molecule has 0 saturated heterocycles. The normalized spacial score (nSPS) is 29.8. The summed E-state index contributed by atoms with van der Waals surface area (Å²) in [6.45, 7) is 0.254. The van der Waals surface area contributed by atoms with Crippen LogP contribution in [0.1, 0.15) is 44.1 Å². The SMILES string of the molecule is NC(=O)[C@@]12CCC[C@@](NC(=O)OCc3ccccc3)(CC1)C2. The molecule has 0 spiro atoms. The van der Waals surface area contributed by atoms with Crippen molar-refractivity contribution in [2.24, 2.45) is 11.1 Å². The highest BCUT2D eigenvalue weighted by Crippen LogP contribution is 2.53. The van der Waals surface area contributed by atoms with Gasteiger partial charge in [-0.25, -0.2) is 4.79 Å². The Morgan fingerprint density at radius 1 is 1.14 bits per heavy atom. The van der Waals surface area contributed by atoms with Gasteiger partial charge in [-0.05, 0) is 37.7 Å². The van der Waals surface area contributed by atoms with Crippen LogP contribution in [0, 0.1) is 5.41 Å². The minimum atomic E-state index is -0.426. The summed E-state index contributed by atoms with van der Waals surface area (Å²) in [6.07, 6.45) is 4.45. The van der Waals surface area contributed by atoms with E-state index < -0.39 is 11.5 Å². The highest BCUT2D eigenvalue weighted by molar-refractivity contribution is 5.82. The van der Waals surface area contributed by atoms with E-state index in [-0.39, 0.29) is 18.1 Å². The Labute approximate surface area is 130 Å². The van der Waals surface area contributed by atoms with E-state index in [4.69, 9.17) is 10.5 Å². The molecule has 2 aliphatic carbocycles. The van der Waals surface area contributed by atoms with Crippen molar-refractivity contribution >= 4 is 12.0 Å². The van der Waals surface area contributed by atoms with Gasteiger partial charge in [-0.3, -0.25) is 4.79 Å². The van der Waals surface area contributed by atoms with Crippen molar-refractivity contribution in [2.75, 3.05) is 0 Å². The predicted octanol–water partition coefficient (Wildman–Crippen LogP) is 2.49. The molecule has 2 saturated carbocycles. The lowest BCUT2D eigenvalue weighted by Crippen LogP contribution is -2.51. The van der Waals surface area contributed by atoms with Crippen molar-refractivity contribution in [1.29, 1.82) is 0 Å².